The van der Waals surface area contributed by atoms with E-state index < -0.39 is 18.0 Å². The van der Waals surface area contributed by atoms with Crippen molar-refractivity contribution in [2.45, 2.75) is 13.0 Å². The fraction of sp³-hybridized carbons (Fsp3) is 0.0909. The SMILES string of the molecule is Cc1ccc(NC(=O)[C@@H](OC(=O)c2ccc(O)cc2)c2ccccc2)cc1Cl. The molecule has 3 rings (SSSR count). The molecule has 0 saturated carbocycles. The van der Waals surface area contributed by atoms with E-state index in [0.717, 1.165) is 5.56 Å². The summed E-state index contributed by atoms with van der Waals surface area (Å²) in [5.41, 5.74) is 2.15. The van der Waals surface area contributed by atoms with Crippen LogP contribution in [-0.4, -0.2) is 17.0 Å². The van der Waals surface area contributed by atoms with Crippen LogP contribution in [0, 0.1) is 6.92 Å². The molecule has 1 atom stereocenters. The molecule has 0 aliphatic rings. The van der Waals surface area contributed by atoms with Gasteiger partial charge >= 0.3 is 5.97 Å². The quantitative estimate of drug-likeness (QED) is 0.603. The van der Waals surface area contributed by atoms with Gasteiger partial charge in [-0.25, -0.2) is 4.79 Å². The Morgan fingerprint density at radius 1 is 1.00 bits per heavy atom. The second-order valence-corrected chi connectivity index (χ2v) is 6.60. The maximum Gasteiger partial charge on any atom is 0.339 e. The number of carbonyl (C=O) groups excluding carboxylic acids is 2. The van der Waals surface area contributed by atoms with Crippen molar-refractivity contribution in [2.75, 3.05) is 5.32 Å². The van der Waals surface area contributed by atoms with Gasteiger partial charge in [0.2, 0.25) is 6.10 Å². The second kappa shape index (κ2) is 8.59. The van der Waals surface area contributed by atoms with Crippen molar-refractivity contribution in [1.29, 1.82) is 0 Å². The lowest BCUT2D eigenvalue weighted by molar-refractivity contribution is -0.125. The lowest BCUT2D eigenvalue weighted by Gasteiger charge is -2.18. The molecule has 0 unspecified atom stereocenters. The number of anilines is 1. The number of amides is 1. The summed E-state index contributed by atoms with van der Waals surface area (Å²) >= 11 is 6.11. The van der Waals surface area contributed by atoms with E-state index in [1.54, 1.807) is 48.5 Å². The van der Waals surface area contributed by atoms with Gasteiger partial charge in [-0.1, -0.05) is 48.0 Å². The highest BCUT2D eigenvalue weighted by molar-refractivity contribution is 6.31. The van der Waals surface area contributed by atoms with Crippen LogP contribution < -0.4 is 5.32 Å². The van der Waals surface area contributed by atoms with Gasteiger partial charge in [0.15, 0.2) is 0 Å². The molecule has 0 aliphatic carbocycles. The van der Waals surface area contributed by atoms with E-state index >= 15 is 0 Å². The summed E-state index contributed by atoms with van der Waals surface area (Å²) in [6.45, 7) is 1.86. The van der Waals surface area contributed by atoms with Crippen LogP contribution in [0.15, 0.2) is 72.8 Å². The predicted octanol–water partition coefficient (Wildman–Crippen LogP) is 4.89. The Morgan fingerprint density at radius 3 is 2.32 bits per heavy atom. The Hall–Kier alpha value is -3.31. The van der Waals surface area contributed by atoms with Gasteiger partial charge in [-0.3, -0.25) is 4.79 Å². The number of halogens is 1. The summed E-state index contributed by atoms with van der Waals surface area (Å²) in [7, 11) is 0. The molecule has 0 aliphatic heterocycles. The zero-order valence-electron chi connectivity index (χ0n) is 15.1. The minimum absolute atomic E-state index is 0.0325. The van der Waals surface area contributed by atoms with Gasteiger partial charge in [-0.15, -0.1) is 0 Å². The summed E-state index contributed by atoms with van der Waals surface area (Å²) in [5.74, 6) is -1.14. The fourth-order valence-corrected chi connectivity index (χ4v) is 2.73. The predicted molar refractivity (Wildman–Crippen MR) is 108 cm³/mol. The normalized spacial score (nSPS) is 11.5. The monoisotopic (exact) mass is 395 g/mol. The van der Waals surface area contributed by atoms with Crippen LogP contribution >= 0.6 is 11.6 Å². The highest BCUT2D eigenvalue weighted by Crippen LogP contribution is 2.24. The van der Waals surface area contributed by atoms with E-state index in [2.05, 4.69) is 5.32 Å². The molecule has 0 saturated heterocycles. The first-order chi connectivity index (χ1) is 13.4. The molecule has 0 spiro atoms. The third-order valence-corrected chi connectivity index (χ3v) is 4.51. The lowest BCUT2D eigenvalue weighted by atomic mass is 10.1. The zero-order valence-corrected chi connectivity index (χ0v) is 15.8. The number of phenols is 1. The van der Waals surface area contributed by atoms with E-state index in [-0.39, 0.29) is 11.3 Å². The van der Waals surface area contributed by atoms with E-state index in [1.807, 2.05) is 6.92 Å². The van der Waals surface area contributed by atoms with Crippen LogP contribution in [0.1, 0.15) is 27.6 Å². The Labute approximate surface area is 167 Å². The summed E-state index contributed by atoms with van der Waals surface area (Å²) in [6, 6.07) is 19.5. The summed E-state index contributed by atoms with van der Waals surface area (Å²) in [5, 5.41) is 12.6. The summed E-state index contributed by atoms with van der Waals surface area (Å²) < 4.78 is 5.48. The van der Waals surface area contributed by atoms with Gasteiger partial charge in [0.05, 0.1) is 5.56 Å². The molecular weight excluding hydrogens is 378 g/mol. The average molecular weight is 396 g/mol. The second-order valence-electron chi connectivity index (χ2n) is 6.20. The number of hydrogen-bond acceptors (Lipinski definition) is 4. The number of aromatic hydroxyl groups is 1. The molecule has 0 radical (unpaired) electrons. The van der Waals surface area contributed by atoms with Crippen LogP contribution in [0.25, 0.3) is 0 Å². The minimum atomic E-state index is -1.15. The first kappa shape index (κ1) is 19.5. The van der Waals surface area contributed by atoms with Crippen molar-refractivity contribution in [3.8, 4) is 5.75 Å². The van der Waals surface area contributed by atoms with Crippen molar-refractivity contribution in [1.82, 2.24) is 0 Å². The topological polar surface area (TPSA) is 75.6 Å². The Bertz CT molecular complexity index is 987. The van der Waals surface area contributed by atoms with Gasteiger partial charge in [-0.2, -0.15) is 0 Å². The number of hydrogen-bond donors (Lipinski definition) is 2. The van der Waals surface area contributed by atoms with Crippen molar-refractivity contribution >= 4 is 29.2 Å². The van der Waals surface area contributed by atoms with Crippen molar-refractivity contribution < 1.29 is 19.4 Å². The van der Waals surface area contributed by atoms with Gasteiger partial charge < -0.3 is 15.2 Å². The van der Waals surface area contributed by atoms with E-state index in [0.29, 0.717) is 16.3 Å². The standard InChI is InChI=1S/C22H18ClNO4/c1-14-7-10-17(13-19(14)23)24-21(26)20(15-5-3-2-4-6-15)28-22(27)16-8-11-18(25)12-9-16/h2-13,20,25H,1H3,(H,24,26)/t20-/m0/s1. The number of esters is 1. The zero-order chi connectivity index (χ0) is 20.1. The molecule has 0 aromatic heterocycles. The molecule has 142 valence electrons. The summed E-state index contributed by atoms with van der Waals surface area (Å²) in [4.78, 5) is 25.3. The van der Waals surface area contributed by atoms with Gasteiger partial charge in [0, 0.05) is 16.3 Å². The Morgan fingerprint density at radius 2 is 1.68 bits per heavy atom. The third kappa shape index (κ3) is 4.69. The molecule has 28 heavy (non-hydrogen) atoms. The van der Waals surface area contributed by atoms with Crippen LogP contribution in [0.3, 0.4) is 0 Å². The molecule has 0 heterocycles. The van der Waals surface area contributed by atoms with Gasteiger partial charge in [0.1, 0.15) is 5.75 Å². The number of aryl methyl sites for hydroxylation is 1. The lowest BCUT2D eigenvalue weighted by Crippen LogP contribution is -2.26. The highest BCUT2D eigenvalue weighted by atomic mass is 35.5. The van der Waals surface area contributed by atoms with Crippen LogP contribution in [0.5, 0.6) is 5.75 Å². The number of benzene rings is 3. The van der Waals surface area contributed by atoms with E-state index in [1.165, 1.54) is 24.3 Å². The molecule has 0 bridgehead atoms. The molecular formula is C22H18ClNO4. The maximum absolute atomic E-state index is 12.9. The fourth-order valence-electron chi connectivity index (χ4n) is 2.55. The highest BCUT2D eigenvalue weighted by Gasteiger charge is 2.26. The minimum Gasteiger partial charge on any atom is -0.508 e. The first-order valence-electron chi connectivity index (χ1n) is 8.56. The molecule has 3 aromatic rings. The first-order valence-corrected chi connectivity index (χ1v) is 8.94. The number of phenolic OH excluding ortho intramolecular Hbond substituents is 1. The summed E-state index contributed by atoms with van der Waals surface area (Å²) in [6.07, 6.45) is -1.15. The van der Waals surface area contributed by atoms with E-state index in [4.69, 9.17) is 16.3 Å². The molecule has 3 aromatic carbocycles. The molecule has 1 amide bonds. The Balaban J connectivity index is 1.84. The van der Waals surface area contributed by atoms with E-state index in [9.17, 15) is 14.7 Å². The van der Waals surface area contributed by atoms with Gasteiger partial charge in [-0.05, 0) is 48.9 Å². The maximum atomic E-state index is 12.9. The van der Waals surface area contributed by atoms with Gasteiger partial charge in [0.25, 0.3) is 5.91 Å². The van der Waals surface area contributed by atoms with Crippen LogP contribution in [0.4, 0.5) is 5.69 Å². The average Bonchev–Trinajstić information content (AvgIpc) is 2.70. The molecule has 0 fully saturated rings. The third-order valence-electron chi connectivity index (χ3n) is 4.11. The molecule has 6 heteroatoms. The number of carbonyl (C=O) groups is 2. The number of rotatable bonds is 5. The molecule has 5 nitrogen and oxygen atoms in total. The van der Waals surface area contributed by atoms with Crippen molar-refractivity contribution in [3.05, 3.63) is 94.5 Å². The Kier molecular flexibility index (Phi) is 5.96. The van der Waals surface area contributed by atoms with Crippen molar-refractivity contribution in [3.63, 3.8) is 0 Å². The van der Waals surface area contributed by atoms with Crippen LogP contribution in [-0.2, 0) is 9.53 Å². The molecule has 2 N–H and O–H groups in total. The van der Waals surface area contributed by atoms with Crippen molar-refractivity contribution in [2.24, 2.45) is 0 Å². The smallest absolute Gasteiger partial charge is 0.339 e. The number of nitrogens with one attached hydrogen (secondary N) is 1. The van der Waals surface area contributed by atoms with Crippen LogP contribution in [0.2, 0.25) is 5.02 Å². The number of ether oxygens (including phenoxy) is 1. The largest absolute Gasteiger partial charge is 0.508 e.